The van der Waals surface area contributed by atoms with E-state index in [2.05, 4.69) is 10.6 Å². The molecule has 168 valence electrons. The van der Waals surface area contributed by atoms with Crippen LogP contribution in [0.2, 0.25) is 5.02 Å². The van der Waals surface area contributed by atoms with Gasteiger partial charge < -0.3 is 25.2 Å². The average Bonchev–Trinajstić information content (AvgIpc) is 2.73. The van der Waals surface area contributed by atoms with E-state index in [1.54, 1.807) is 31.2 Å². The fourth-order valence-corrected chi connectivity index (χ4v) is 3.73. The van der Waals surface area contributed by atoms with Crippen LogP contribution in [0, 0.1) is 12.7 Å². The Hall–Kier alpha value is -3.10. The third-order valence-corrected chi connectivity index (χ3v) is 5.54. The van der Waals surface area contributed by atoms with Crippen molar-refractivity contribution in [2.75, 3.05) is 6.61 Å². The Morgan fingerprint density at radius 1 is 1.28 bits per heavy atom. The minimum Gasteiger partial charge on any atom is -0.484 e. The summed E-state index contributed by atoms with van der Waals surface area (Å²) in [4.78, 5) is 24.6. The molecule has 1 heterocycles. The van der Waals surface area contributed by atoms with Crippen molar-refractivity contribution in [1.82, 2.24) is 10.6 Å². The van der Waals surface area contributed by atoms with Crippen LogP contribution in [0.1, 0.15) is 30.1 Å². The molecule has 2 aromatic rings. The Balaban J connectivity index is 1.23. The summed E-state index contributed by atoms with van der Waals surface area (Å²) in [6.45, 7) is 1.42. The molecule has 7 nitrogen and oxygen atoms in total. The van der Waals surface area contributed by atoms with E-state index in [1.807, 2.05) is 0 Å². The standard InChI is InChI=1S/C23H22ClFN2O5/c1-12-6-16(3-4-18(12)25)31-11-22(29)26-14-8-15(9-14)27-23(30)21-10-19(28)17-7-13(24)2-5-20(17)32-21/h2-8,14,19,21,28H,9-11H2,1H3,(H,26,29)(H,27,30)/t14?,19-,21-/m0/s1. The van der Waals surface area contributed by atoms with E-state index in [4.69, 9.17) is 21.1 Å². The van der Waals surface area contributed by atoms with Crippen molar-refractivity contribution in [3.8, 4) is 11.5 Å². The number of benzene rings is 2. The molecule has 1 aliphatic heterocycles. The van der Waals surface area contributed by atoms with Gasteiger partial charge in [-0.1, -0.05) is 11.6 Å². The number of aliphatic hydroxyl groups is 1. The highest BCUT2D eigenvalue weighted by Gasteiger charge is 2.33. The molecule has 0 saturated carbocycles. The normalized spacial score (nSPS) is 21.4. The molecule has 0 bridgehead atoms. The summed E-state index contributed by atoms with van der Waals surface area (Å²) < 4.78 is 24.3. The van der Waals surface area contributed by atoms with Gasteiger partial charge >= 0.3 is 0 Å². The number of fused-ring (bicyclic) bond motifs is 1. The van der Waals surface area contributed by atoms with Crippen LogP contribution in [0.5, 0.6) is 11.5 Å². The van der Waals surface area contributed by atoms with Crippen LogP contribution in [0.3, 0.4) is 0 Å². The fourth-order valence-electron chi connectivity index (χ4n) is 3.55. The number of hydrogen-bond donors (Lipinski definition) is 3. The number of halogens is 2. The van der Waals surface area contributed by atoms with Crippen molar-refractivity contribution in [3.63, 3.8) is 0 Å². The maximum atomic E-state index is 13.3. The fraction of sp³-hybridized carbons (Fsp3) is 0.304. The molecule has 0 fully saturated rings. The lowest BCUT2D eigenvalue weighted by molar-refractivity contribution is -0.129. The first-order valence-corrected chi connectivity index (χ1v) is 10.5. The molecule has 3 N–H and O–H groups in total. The van der Waals surface area contributed by atoms with Crippen molar-refractivity contribution in [2.45, 2.75) is 38.0 Å². The second-order valence-corrected chi connectivity index (χ2v) is 8.24. The second-order valence-electron chi connectivity index (χ2n) is 7.80. The van der Waals surface area contributed by atoms with Crippen LogP contribution in [-0.4, -0.2) is 35.7 Å². The van der Waals surface area contributed by atoms with Gasteiger partial charge in [-0.2, -0.15) is 0 Å². The number of rotatable bonds is 6. The third-order valence-electron chi connectivity index (χ3n) is 5.30. The maximum Gasteiger partial charge on any atom is 0.265 e. The summed E-state index contributed by atoms with van der Waals surface area (Å²) in [5, 5.41) is 16.3. The predicted octanol–water partition coefficient (Wildman–Crippen LogP) is 2.94. The van der Waals surface area contributed by atoms with Crippen LogP contribution in [0.15, 0.2) is 48.2 Å². The van der Waals surface area contributed by atoms with E-state index in [0.29, 0.717) is 39.8 Å². The molecular formula is C23H22ClFN2O5. The SMILES string of the molecule is Cc1cc(OCC(=O)NC2C=C(NC(=O)[C@@H]3C[C@H](O)c4cc(Cl)ccc4O3)C2)ccc1F. The smallest absolute Gasteiger partial charge is 0.265 e. The molecule has 4 rings (SSSR count). The highest BCUT2D eigenvalue weighted by Crippen LogP contribution is 2.36. The molecule has 0 radical (unpaired) electrons. The van der Waals surface area contributed by atoms with Gasteiger partial charge in [-0.15, -0.1) is 0 Å². The molecule has 0 saturated heterocycles. The van der Waals surface area contributed by atoms with Crippen LogP contribution in [0.4, 0.5) is 4.39 Å². The summed E-state index contributed by atoms with van der Waals surface area (Å²) >= 11 is 5.94. The van der Waals surface area contributed by atoms with Crippen molar-refractivity contribution < 1.29 is 28.6 Å². The lowest BCUT2D eigenvalue weighted by atomic mass is 9.96. The molecule has 0 aromatic heterocycles. The first kappa shape index (κ1) is 22.1. The van der Waals surface area contributed by atoms with Gasteiger partial charge in [0, 0.05) is 29.1 Å². The van der Waals surface area contributed by atoms with Gasteiger partial charge in [0.2, 0.25) is 0 Å². The number of ether oxygens (including phenoxy) is 2. The van der Waals surface area contributed by atoms with Gasteiger partial charge in [0.15, 0.2) is 12.7 Å². The second kappa shape index (κ2) is 9.18. The van der Waals surface area contributed by atoms with E-state index >= 15 is 0 Å². The summed E-state index contributed by atoms with van der Waals surface area (Å²) in [6.07, 6.45) is 0.618. The Bertz CT molecular complexity index is 1090. The van der Waals surface area contributed by atoms with Crippen molar-refractivity contribution >= 4 is 23.4 Å². The molecule has 1 aliphatic carbocycles. The summed E-state index contributed by atoms with van der Waals surface area (Å²) in [5.74, 6) is -0.187. The monoisotopic (exact) mass is 460 g/mol. The number of aryl methyl sites for hydroxylation is 1. The number of hydrogen-bond acceptors (Lipinski definition) is 5. The Kier molecular flexibility index (Phi) is 6.34. The van der Waals surface area contributed by atoms with E-state index in [9.17, 15) is 19.1 Å². The molecule has 2 aromatic carbocycles. The highest BCUT2D eigenvalue weighted by atomic mass is 35.5. The van der Waals surface area contributed by atoms with E-state index in [-0.39, 0.29) is 36.7 Å². The van der Waals surface area contributed by atoms with E-state index in [1.165, 1.54) is 18.2 Å². The molecule has 0 spiro atoms. The van der Waals surface area contributed by atoms with Gasteiger partial charge in [0.25, 0.3) is 11.8 Å². The van der Waals surface area contributed by atoms with Gasteiger partial charge in [-0.05, 0) is 55.0 Å². The van der Waals surface area contributed by atoms with Crippen LogP contribution >= 0.6 is 11.6 Å². The zero-order valence-electron chi connectivity index (χ0n) is 17.2. The first-order chi connectivity index (χ1) is 15.3. The number of carbonyl (C=O) groups is 2. The van der Waals surface area contributed by atoms with Crippen LogP contribution < -0.4 is 20.1 Å². The number of amides is 2. The zero-order chi connectivity index (χ0) is 22.8. The summed E-state index contributed by atoms with van der Waals surface area (Å²) in [6, 6.07) is 8.94. The van der Waals surface area contributed by atoms with Crippen molar-refractivity contribution in [2.24, 2.45) is 0 Å². The maximum absolute atomic E-state index is 13.3. The molecule has 2 aliphatic rings. The summed E-state index contributed by atoms with van der Waals surface area (Å²) in [5.41, 5.74) is 1.66. The van der Waals surface area contributed by atoms with Gasteiger partial charge in [0.05, 0.1) is 12.1 Å². The molecule has 2 amide bonds. The first-order valence-electron chi connectivity index (χ1n) is 10.1. The Morgan fingerprint density at radius 3 is 2.81 bits per heavy atom. The third kappa shape index (κ3) is 5.03. The Labute approximate surface area is 189 Å². The molecule has 3 atom stereocenters. The Morgan fingerprint density at radius 2 is 2.06 bits per heavy atom. The number of nitrogens with one attached hydrogen (secondary N) is 2. The minimum atomic E-state index is -0.847. The van der Waals surface area contributed by atoms with Crippen molar-refractivity contribution in [3.05, 3.63) is 70.1 Å². The van der Waals surface area contributed by atoms with E-state index < -0.39 is 12.2 Å². The minimum absolute atomic E-state index is 0.118. The molecular weight excluding hydrogens is 439 g/mol. The predicted molar refractivity (Wildman–Crippen MR) is 115 cm³/mol. The van der Waals surface area contributed by atoms with E-state index in [0.717, 1.165) is 0 Å². The summed E-state index contributed by atoms with van der Waals surface area (Å²) in [7, 11) is 0. The quantitative estimate of drug-likeness (QED) is 0.616. The molecule has 1 unspecified atom stereocenters. The number of carbonyl (C=O) groups excluding carboxylic acids is 2. The largest absolute Gasteiger partial charge is 0.484 e. The topological polar surface area (TPSA) is 96.9 Å². The highest BCUT2D eigenvalue weighted by molar-refractivity contribution is 6.30. The van der Waals surface area contributed by atoms with Crippen LogP contribution in [-0.2, 0) is 9.59 Å². The average molecular weight is 461 g/mol. The van der Waals surface area contributed by atoms with Crippen molar-refractivity contribution in [1.29, 1.82) is 0 Å². The van der Waals surface area contributed by atoms with Crippen LogP contribution in [0.25, 0.3) is 0 Å². The molecule has 32 heavy (non-hydrogen) atoms. The lowest BCUT2D eigenvalue weighted by Crippen LogP contribution is -2.47. The number of aliphatic hydroxyl groups excluding tert-OH is 1. The lowest BCUT2D eigenvalue weighted by Gasteiger charge is -2.31. The zero-order valence-corrected chi connectivity index (χ0v) is 18.0. The molecule has 9 heteroatoms. The van der Waals surface area contributed by atoms with Gasteiger partial charge in [-0.3, -0.25) is 9.59 Å². The van der Waals surface area contributed by atoms with Gasteiger partial charge in [-0.25, -0.2) is 4.39 Å². The van der Waals surface area contributed by atoms with Gasteiger partial charge in [0.1, 0.15) is 17.3 Å².